The molecule has 0 aliphatic rings. The number of nitrogens with zero attached hydrogens (tertiary/aromatic N) is 2. The van der Waals surface area contributed by atoms with Crippen LogP contribution < -0.4 is 19.3 Å². The molecule has 0 N–H and O–H groups in total. The second-order valence-corrected chi connectivity index (χ2v) is 18.5. The molecule has 12 aromatic rings. The summed E-state index contributed by atoms with van der Waals surface area (Å²) >= 11 is 0. The second-order valence-electron chi connectivity index (χ2n) is 18.5. The Morgan fingerprint density at radius 2 is 0.487 bits per heavy atom. The first-order chi connectivity index (χ1) is 37.7. The van der Waals surface area contributed by atoms with Gasteiger partial charge in [-0.05, 0) is 153 Å². The van der Waals surface area contributed by atoms with E-state index in [1.165, 1.54) is 0 Å². The highest BCUT2D eigenvalue weighted by molar-refractivity contribution is 6.10. The van der Waals surface area contributed by atoms with Crippen LogP contribution in [0.15, 0.2) is 291 Å². The Labute approximate surface area is 444 Å². The van der Waals surface area contributed by atoms with E-state index in [0.717, 1.165) is 112 Å². The third kappa shape index (κ3) is 10.4. The number of hydrogen-bond acceptors (Lipinski definition) is 4. The topological polar surface area (TPSA) is 24.9 Å². The number of anilines is 6. The Morgan fingerprint density at radius 1 is 0.224 bits per heavy atom. The summed E-state index contributed by atoms with van der Waals surface area (Å²) in [6.45, 7) is 0. The number of para-hydroxylation sites is 4. The van der Waals surface area contributed by atoms with Gasteiger partial charge >= 0.3 is 0 Å². The van der Waals surface area contributed by atoms with Crippen molar-refractivity contribution in [2.24, 2.45) is 0 Å². The molecule has 4 heteroatoms. The van der Waals surface area contributed by atoms with Crippen molar-refractivity contribution in [3.63, 3.8) is 0 Å². The molecule has 0 bridgehead atoms. The lowest BCUT2D eigenvalue weighted by molar-refractivity contribution is 0.478. The van der Waals surface area contributed by atoms with Gasteiger partial charge in [0.05, 0.1) is 0 Å². The minimum atomic E-state index is 0.739. The molecule has 12 aromatic carbocycles. The molecule has 0 aliphatic carbocycles. The molecule has 0 fully saturated rings. The molecule has 12 rings (SSSR count). The number of fused-ring (bicyclic) bond motifs is 2. The molecule has 0 radical (unpaired) electrons. The predicted molar refractivity (Wildman–Crippen MR) is 320 cm³/mol. The molecule has 0 heterocycles. The summed E-state index contributed by atoms with van der Waals surface area (Å²) in [7, 11) is 0. The number of rotatable bonds is 15. The minimum Gasteiger partial charge on any atom is -0.457 e. The van der Waals surface area contributed by atoms with E-state index in [1.807, 2.05) is 48.5 Å². The monoisotopic (exact) mass is 976 g/mol. The maximum absolute atomic E-state index is 6.90. The molecule has 76 heavy (non-hydrogen) atoms. The number of ether oxygens (including phenoxy) is 2. The van der Waals surface area contributed by atoms with E-state index >= 15 is 0 Å². The van der Waals surface area contributed by atoms with Gasteiger partial charge in [-0.1, -0.05) is 206 Å². The molecule has 0 unspecified atom stereocenters. The van der Waals surface area contributed by atoms with Gasteiger partial charge in [0.2, 0.25) is 0 Å². The van der Waals surface area contributed by atoms with Crippen molar-refractivity contribution >= 4 is 80.0 Å². The van der Waals surface area contributed by atoms with Crippen LogP contribution >= 0.6 is 0 Å². The summed E-state index contributed by atoms with van der Waals surface area (Å²) in [5, 5.41) is 4.37. The Morgan fingerprint density at radius 3 is 0.803 bits per heavy atom. The van der Waals surface area contributed by atoms with Crippen molar-refractivity contribution < 1.29 is 9.47 Å². The Bertz CT molecular complexity index is 3590. The summed E-state index contributed by atoms with van der Waals surface area (Å²) in [5.41, 5.74) is 12.9. The normalized spacial score (nSPS) is 11.3. The first-order valence-corrected chi connectivity index (χ1v) is 25.6. The number of hydrogen-bond donors (Lipinski definition) is 0. The van der Waals surface area contributed by atoms with Crippen LogP contribution in [0.2, 0.25) is 0 Å². The molecule has 0 saturated heterocycles. The molecule has 362 valence electrons. The van der Waals surface area contributed by atoms with E-state index in [-0.39, 0.29) is 0 Å². The molecule has 0 aliphatic heterocycles. The van der Waals surface area contributed by atoms with Gasteiger partial charge in [0.25, 0.3) is 0 Å². The van der Waals surface area contributed by atoms with Gasteiger partial charge in [0.1, 0.15) is 23.0 Å². The first-order valence-electron chi connectivity index (χ1n) is 25.6. The van der Waals surface area contributed by atoms with Crippen LogP contribution in [0, 0.1) is 0 Å². The predicted octanol–water partition coefficient (Wildman–Crippen LogP) is 20.5. The highest BCUT2D eigenvalue weighted by atomic mass is 16.5. The van der Waals surface area contributed by atoms with Gasteiger partial charge in [-0.2, -0.15) is 0 Å². The first kappa shape index (κ1) is 46.9. The van der Waals surface area contributed by atoms with Crippen LogP contribution in [0.3, 0.4) is 0 Å². The van der Waals surface area contributed by atoms with Crippen LogP contribution in [-0.4, -0.2) is 0 Å². The molecule has 0 spiro atoms. The lowest BCUT2D eigenvalue weighted by atomic mass is 9.92. The highest BCUT2D eigenvalue weighted by Gasteiger charge is 2.21. The zero-order valence-electron chi connectivity index (χ0n) is 41.7. The molecular weight excluding hydrogens is 925 g/mol. The largest absolute Gasteiger partial charge is 0.457 e. The number of benzene rings is 12. The molecule has 0 saturated carbocycles. The highest BCUT2D eigenvalue weighted by Crippen LogP contribution is 2.48. The van der Waals surface area contributed by atoms with Crippen molar-refractivity contribution in [2.45, 2.75) is 0 Å². The fourth-order valence-electron chi connectivity index (χ4n) is 9.79. The molecular formula is C72H52N2O2. The maximum Gasteiger partial charge on any atom is 0.136 e. The maximum atomic E-state index is 6.90. The molecule has 0 atom stereocenters. The van der Waals surface area contributed by atoms with Crippen LogP contribution in [0.25, 0.3) is 57.0 Å². The zero-order chi connectivity index (χ0) is 50.9. The average Bonchev–Trinajstić information content (AvgIpc) is 3.51. The second kappa shape index (κ2) is 21.9. The van der Waals surface area contributed by atoms with Gasteiger partial charge < -0.3 is 19.3 Å². The van der Waals surface area contributed by atoms with Crippen molar-refractivity contribution in [1.29, 1.82) is 0 Å². The summed E-state index contributed by atoms with van der Waals surface area (Å²) in [6, 6.07) is 101. The van der Waals surface area contributed by atoms with Gasteiger partial charge in [-0.15, -0.1) is 0 Å². The lowest BCUT2D eigenvalue weighted by Crippen LogP contribution is -2.09. The fourth-order valence-corrected chi connectivity index (χ4v) is 9.79. The summed E-state index contributed by atoms with van der Waals surface area (Å²) < 4.78 is 13.8. The van der Waals surface area contributed by atoms with Crippen LogP contribution in [0.1, 0.15) is 22.3 Å². The third-order valence-electron chi connectivity index (χ3n) is 13.5. The minimum absolute atomic E-state index is 0.739. The van der Waals surface area contributed by atoms with Crippen LogP contribution in [-0.2, 0) is 0 Å². The van der Waals surface area contributed by atoms with Crippen molar-refractivity contribution in [1.82, 2.24) is 0 Å². The van der Waals surface area contributed by atoms with E-state index in [2.05, 4.69) is 277 Å². The van der Waals surface area contributed by atoms with Crippen LogP contribution in [0.5, 0.6) is 23.0 Å². The molecule has 4 nitrogen and oxygen atoms in total. The smallest absolute Gasteiger partial charge is 0.136 e. The van der Waals surface area contributed by atoms with E-state index in [9.17, 15) is 0 Å². The van der Waals surface area contributed by atoms with E-state index in [0.29, 0.717) is 0 Å². The summed E-state index contributed by atoms with van der Waals surface area (Å²) in [5.74, 6) is 2.96. The average molecular weight is 977 g/mol. The van der Waals surface area contributed by atoms with Crippen LogP contribution in [0.4, 0.5) is 34.1 Å². The standard InChI is InChI=1S/C72H52N2O2/c1-5-19-59(20-6-1)73(60-21-7-2-8-22-60)63-43-33-53(34-44-63)29-31-55-37-47-65(48-38-55)75-69-51-41-57-17-13-15-27-67(57)71(69)72-68-28-16-14-18-58(68)42-52-70(72)76-66-49-39-56(40-50-66)32-30-54-35-45-64(46-36-54)74(61-23-9-3-10-24-61)62-25-11-4-12-26-62/h1-52H/b31-29+,32-30+. The zero-order valence-corrected chi connectivity index (χ0v) is 41.7. The van der Waals surface area contributed by atoms with Gasteiger partial charge in [0, 0.05) is 45.3 Å². The summed E-state index contributed by atoms with van der Waals surface area (Å²) in [6.07, 6.45) is 8.57. The van der Waals surface area contributed by atoms with E-state index in [1.54, 1.807) is 0 Å². The van der Waals surface area contributed by atoms with E-state index in [4.69, 9.17) is 9.47 Å². The van der Waals surface area contributed by atoms with Crippen molar-refractivity contribution in [3.8, 4) is 34.1 Å². The van der Waals surface area contributed by atoms with Crippen molar-refractivity contribution in [3.05, 3.63) is 313 Å². The fraction of sp³-hybridized carbons (Fsp3) is 0. The Kier molecular flexibility index (Phi) is 13.5. The third-order valence-corrected chi connectivity index (χ3v) is 13.5. The Balaban J connectivity index is 0.786. The SMILES string of the molecule is C(=C\c1ccc(N(c2ccccc2)c2ccccc2)cc1)/c1ccc(Oc2ccc3ccccc3c2-c2c(Oc3ccc(/C=C/c4ccc(N(c5ccccc5)c5ccccc5)cc4)cc3)ccc3ccccc23)cc1. The van der Waals surface area contributed by atoms with Gasteiger partial charge in [-0.25, -0.2) is 0 Å². The van der Waals surface area contributed by atoms with E-state index < -0.39 is 0 Å². The Hall–Kier alpha value is -10.2. The molecule has 0 aromatic heterocycles. The van der Waals surface area contributed by atoms with Gasteiger partial charge in [0.15, 0.2) is 0 Å². The lowest BCUT2D eigenvalue weighted by Gasteiger charge is -2.25. The molecule has 0 amide bonds. The summed E-state index contributed by atoms with van der Waals surface area (Å²) in [4.78, 5) is 4.54. The van der Waals surface area contributed by atoms with Crippen molar-refractivity contribution in [2.75, 3.05) is 9.80 Å². The van der Waals surface area contributed by atoms with Gasteiger partial charge in [-0.3, -0.25) is 0 Å². The quantitative estimate of drug-likeness (QED) is 0.0956.